The maximum absolute atomic E-state index is 11.5. The molecule has 3 rings (SSSR count). The van der Waals surface area contributed by atoms with E-state index in [1.807, 2.05) is 0 Å². The van der Waals surface area contributed by atoms with Gasteiger partial charge in [-0.25, -0.2) is 4.79 Å². The minimum atomic E-state index is -0.143. The van der Waals surface area contributed by atoms with Crippen LogP contribution in [-0.2, 0) is 4.74 Å². The summed E-state index contributed by atoms with van der Waals surface area (Å²) < 4.78 is 5.71. The number of hydrogen-bond acceptors (Lipinski definition) is 3. The first kappa shape index (κ1) is 10.9. The fourth-order valence-corrected chi connectivity index (χ4v) is 5.01. The van der Waals surface area contributed by atoms with E-state index in [1.54, 1.807) is 6.26 Å². The number of thioether (sulfide) groups is 1. The molecule has 16 heavy (non-hydrogen) atoms. The van der Waals surface area contributed by atoms with Crippen molar-refractivity contribution in [2.75, 3.05) is 6.26 Å². The summed E-state index contributed by atoms with van der Waals surface area (Å²) in [6.45, 7) is 2.17. The van der Waals surface area contributed by atoms with E-state index in [2.05, 4.69) is 6.92 Å². The van der Waals surface area contributed by atoms with Crippen molar-refractivity contribution in [1.82, 2.24) is 0 Å². The largest absolute Gasteiger partial charge is 0.451 e. The zero-order valence-corrected chi connectivity index (χ0v) is 10.9. The Morgan fingerprint density at radius 3 is 2.88 bits per heavy atom. The zero-order valence-electron chi connectivity index (χ0n) is 10.1. The predicted octanol–water partition coefficient (Wildman–Crippen LogP) is 3.70. The summed E-state index contributed by atoms with van der Waals surface area (Å²) >= 11 is 1.20. The molecule has 0 N–H and O–H groups in total. The summed E-state index contributed by atoms with van der Waals surface area (Å²) in [5.74, 6) is 3.32. The van der Waals surface area contributed by atoms with E-state index in [1.165, 1.54) is 37.4 Å². The third kappa shape index (κ3) is 1.43. The average Bonchev–Trinajstić information content (AvgIpc) is 2.86. The molecule has 3 heteroatoms. The minimum absolute atomic E-state index is 0.0930. The lowest BCUT2D eigenvalue weighted by Gasteiger charge is -2.39. The van der Waals surface area contributed by atoms with Crippen LogP contribution in [0.3, 0.4) is 0 Å². The van der Waals surface area contributed by atoms with Crippen molar-refractivity contribution in [3.8, 4) is 0 Å². The first-order chi connectivity index (χ1) is 7.64. The monoisotopic (exact) mass is 240 g/mol. The van der Waals surface area contributed by atoms with Gasteiger partial charge in [0, 0.05) is 5.92 Å². The first-order valence-electron chi connectivity index (χ1n) is 6.41. The van der Waals surface area contributed by atoms with Gasteiger partial charge in [-0.2, -0.15) is 0 Å². The summed E-state index contributed by atoms with van der Waals surface area (Å²) in [5.41, 5.74) is -0.143. The molecule has 0 aromatic heterocycles. The summed E-state index contributed by atoms with van der Waals surface area (Å²) in [5, 5.41) is -0.0930. The van der Waals surface area contributed by atoms with Crippen LogP contribution in [0.4, 0.5) is 4.79 Å². The number of rotatable bonds is 1. The lowest BCUT2D eigenvalue weighted by Crippen LogP contribution is -2.42. The first-order valence-corrected chi connectivity index (χ1v) is 7.63. The van der Waals surface area contributed by atoms with Crippen LogP contribution in [-0.4, -0.2) is 17.2 Å². The van der Waals surface area contributed by atoms with E-state index in [9.17, 15) is 4.79 Å². The van der Waals surface area contributed by atoms with Gasteiger partial charge in [-0.15, -0.1) is 0 Å². The Balaban J connectivity index is 1.77. The van der Waals surface area contributed by atoms with Crippen molar-refractivity contribution in [2.24, 2.45) is 23.7 Å². The molecule has 5 unspecified atom stereocenters. The molecule has 0 spiro atoms. The van der Waals surface area contributed by atoms with E-state index in [0.717, 1.165) is 24.2 Å². The van der Waals surface area contributed by atoms with Gasteiger partial charge in [0.1, 0.15) is 5.60 Å². The highest BCUT2D eigenvalue weighted by Gasteiger charge is 2.60. The van der Waals surface area contributed by atoms with Crippen LogP contribution in [0.2, 0.25) is 0 Å². The molecule has 3 saturated carbocycles. The van der Waals surface area contributed by atoms with Gasteiger partial charge < -0.3 is 4.74 Å². The van der Waals surface area contributed by atoms with Crippen molar-refractivity contribution < 1.29 is 9.53 Å². The standard InChI is InChI=1S/C13H20O2S/c1-13(15-12(14)16-2)7-8-6-11(13)10-5-3-4-9(8)10/h8-11H,3-7H2,1-2H3. The fraction of sp³-hybridized carbons (Fsp3) is 0.923. The number of ether oxygens (including phenoxy) is 1. The number of fused-ring (bicyclic) bond motifs is 5. The van der Waals surface area contributed by atoms with Crippen LogP contribution >= 0.6 is 11.8 Å². The molecule has 3 fully saturated rings. The molecule has 0 saturated heterocycles. The second-order valence-corrected chi connectivity index (χ2v) is 6.68. The maximum Gasteiger partial charge on any atom is 0.367 e. The average molecular weight is 240 g/mol. The fourth-order valence-electron chi connectivity index (χ4n) is 4.74. The van der Waals surface area contributed by atoms with Gasteiger partial charge in [-0.05, 0) is 68.4 Å². The van der Waals surface area contributed by atoms with Gasteiger partial charge in [0.15, 0.2) is 0 Å². The second kappa shape index (κ2) is 3.66. The van der Waals surface area contributed by atoms with Crippen molar-refractivity contribution in [3.63, 3.8) is 0 Å². The summed E-state index contributed by atoms with van der Waals surface area (Å²) in [6, 6.07) is 0. The third-order valence-corrected chi connectivity index (χ3v) is 5.66. The SMILES string of the molecule is CSC(=O)OC1(C)CC2CC1C1CCCC21. The van der Waals surface area contributed by atoms with Gasteiger partial charge >= 0.3 is 5.30 Å². The second-order valence-electron chi connectivity index (χ2n) is 5.93. The summed E-state index contributed by atoms with van der Waals surface area (Å²) in [6.07, 6.45) is 8.43. The Morgan fingerprint density at radius 1 is 1.38 bits per heavy atom. The predicted molar refractivity (Wildman–Crippen MR) is 65.4 cm³/mol. The molecule has 0 heterocycles. The van der Waals surface area contributed by atoms with Gasteiger partial charge in [0.25, 0.3) is 0 Å². The molecule has 0 aromatic rings. The van der Waals surface area contributed by atoms with E-state index in [0.29, 0.717) is 5.92 Å². The highest BCUT2D eigenvalue weighted by molar-refractivity contribution is 8.12. The maximum atomic E-state index is 11.5. The molecule has 90 valence electrons. The lowest BCUT2D eigenvalue weighted by atomic mass is 9.74. The summed E-state index contributed by atoms with van der Waals surface area (Å²) in [4.78, 5) is 11.5. The van der Waals surface area contributed by atoms with Crippen molar-refractivity contribution >= 4 is 17.1 Å². The smallest absolute Gasteiger partial charge is 0.367 e. The molecule has 5 atom stereocenters. The Hall–Kier alpha value is -0.180. The van der Waals surface area contributed by atoms with Crippen molar-refractivity contribution in [1.29, 1.82) is 0 Å². The topological polar surface area (TPSA) is 26.3 Å². The van der Waals surface area contributed by atoms with Crippen LogP contribution < -0.4 is 0 Å². The minimum Gasteiger partial charge on any atom is -0.451 e. The van der Waals surface area contributed by atoms with Gasteiger partial charge in [0.05, 0.1) is 0 Å². The van der Waals surface area contributed by atoms with E-state index in [-0.39, 0.29) is 10.9 Å². The van der Waals surface area contributed by atoms with Crippen LogP contribution in [0.25, 0.3) is 0 Å². The van der Waals surface area contributed by atoms with Crippen LogP contribution in [0.1, 0.15) is 39.0 Å². The Bertz CT molecular complexity index is 317. The van der Waals surface area contributed by atoms with Gasteiger partial charge in [0.2, 0.25) is 0 Å². The lowest BCUT2D eigenvalue weighted by molar-refractivity contribution is -0.0320. The molecule has 3 aliphatic rings. The highest BCUT2D eigenvalue weighted by Crippen LogP contribution is 2.63. The van der Waals surface area contributed by atoms with Crippen LogP contribution in [0, 0.1) is 23.7 Å². The molecule has 3 aliphatic carbocycles. The normalized spacial score (nSPS) is 49.4. The molecular weight excluding hydrogens is 220 g/mol. The number of hydrogen-bond donors (Lipinski definition) is 0. The van der Waals surface area contributed by atoms with Crippen molar-refractivity contribution in [3.05, 3.63) is 0 Å². The summed E-state index contributed by atoms with van der Waals surface area (Å²) in [7, 11) is 0. The quantitative estimate of drug-likeness (QED) is 0.654. The number of carbonyl (C=O) groups excluding carboxylic acids is 1. The molecule has 0 aromatic carbocycles. The molecule has 0 amide bonds. The molecule has 2 bridgehead atoms. The van der Waals surface area contributed by atoms with Gasteiger partial charge in [-0.3, -0.25) is 0 Å². The number of carbonyl (C=O) groups is 1. The zero-order chi connectivity index (χ0) is 11.3. The van der Waals surface area contributed by atoms with E-state index in [4.69, 9.17) is 4.74 Å². The van der Waals surface area contributed by atoms with Crippen molar-refractivity contribution in [2.45, 2.75) is 44.6 Å². The highest BCUT2D eigenvalue weighted by atomic mass is 32.2. The Kier molecular flexibility index (Phi) is 2.50. The van der Waals surface area contributed by atoms with Crippen LogP contribution in [0.15, 0.2) is 0 Å². The molecule has 0 aliphatic heterocycles. The van der Waals surface area contributed by atoms with E-state index >= 15 is 0 Å². The Labute approximate surface area is 101 Å². The van der Waals surface area contributed by atoms with Crippen LogP contribution in [0.5, 0.6) is 0 Å². The van der Waals surface area contributed by atoms with E-state index < -0.39 is 0 Å². The molecular formula is C13H20O2S. The van der Waals surface area contributed by atoms with Gasteiger partial charge in [-0.1, -0.05) is 6.42 Å². The third-order valence-electron chi connectivity index (χ3n) is 5.24. The molecule has 2 nitrogen and oxygen atoms in total. The molecule has 0 radical (unpaired) electrons. The Morgan fingerprint density at radius 2 is 2.12 bits per heavy atom.